The average Bonchev–Trinajstić information content (AvgIpc) is 3.13. The number of imide groups is 1. The van der Waals surface area contributed by atoms with Gasteiger partial charge in [-0.25, -0.2) is 0 Å². The summed E-state index contributed by atoms with van der Waals surface area (Å²) in [4.78, 5) is 39.0. The third-order valence-electron chi connectivity index (χ3n) is 5.70. The first kappa shape index (κ1) is 27.3. The number of anilines is 1. The van der Waals surface area contributed by atoms with Crippen molar-refractivity contribution in [3.63, 3.8) is 0 Å². The number of thioether (sulfide) groups is 1. The van der Waals surface area contributed by atoms with E-state index >= 15 is 0 Å². The van der Waals surface area contributed by atoms with Crippen molar-refractivity contribution in [2.45, 2.75) is 20.8 Å². The maximum absolute atomic E-state index is 12.8. The Morgan fingerprint density at radius 1 is 0.974 bits per heavy atom. The second-order valence-corrected chi connectivity index (χ2v) is 10.2. The van der Waals surface area contributed by atoms with Gasteiger partial charge in [-0.3, -0.25) is 19.3 Å². The van der Waals surface area contributed by atoms with E-state index < -0.39 is 0 Å². The van der Waals surface area contributed by atoms with E-state index in [0.29, 0.717) is 21.9 Å². The van der Waals surface area contributed by atoms with Crippen LogP contribution in [0.5, 0.6) is 11.5 Å². The van der Waals surface area contributed by atoms with E-state index in [2.05, 4.69) is 5.32 Å². The lowest BCUT2D eigenvalue weighted by atomic mass is 10.1. The molecule has 3 aromatic rings. The Labute approximate surface area is 230 Å². The molecule has 0 radical (unpaired) electrons. The first-order valence-corrected chi connectivity index (χ1v) is 13.1. The molecule has 1 N–H and O–H groups in total. The van der Waals surface area contributed by atoms with Gasteiger partial charge < -0.3 is 14.8 Å². The number of halogens is 1. The van der Waals surface area contributed by atoms with E-state index in [1.807, 2.05) is 57.2 Å². The van der Waals surface area contributed by atoms with Gasteiger partial charge in [-0.2, -0.15) is 0 Å². The van der Waals surface area contributed by atoms with E-state index in [1.165, 1.54) is 4.90 Å². The second-order valence-electron chi connectivity index (χ2n) is 8.85. The summed E-state index contributed by atoms with van der Waals surface area (Å²) in [5.41, 5.74) is 4.40. The summed E-state index contributed by atoms with van der Waals surface area (Å²) in [6.45, 7) is 5.99. The maximum Gasteiger partial charge on any atom is 0.293 e. The second kappa shape index (κ2) is 12.2. The number of hydrogen-bond donors (Lipinski definition) is 1. The van der Waals surface area contributed by atoms with Gasteiger partial charge in [0.05, 0.1) is 16.5 Å². The van der Waals surface area contributed by atoms with Crippen LogP contribution in [0.4, 0.5) is 10.5 Å². The molecule has 0 spiro atoms. The molecule has 1 fully saturated rings. The molecule has 7 nitrogen and oxygen atoms in total. The normalized spacial score (nSPS) is 14.2. The zero-order valence-corrected chi connectivity index (χ0v) is 22.8. The minimum absolute atomic E-state index is 0.146. The molecule has 1 saturated heterocycles. The van der Waals surface area contributed by atoms with Crippen molar-refractivity contribution in [1.29, 1.82) is 0 Å². The number of aryl methyl sites for hydroxylation is 3. The van der Waals surface area contributed by atoms with Gasteiger partial charge in [-0.1, -0.05) is 41.9 Å². The van der Waals surface area contributed by atoms with Crippen molar-refractivity contribution >= 4 is 52.2 Å². The van der Waals surface area contributed by atoms with Crippen molar-refractivity contribution in [2.75, 3.05) is 25.1 Å². The summed E-state index contributed by atoms with van der Waals surface area (Å²) in [6, 6.07) is 18.3. The Morgan fingerprint density at radius 3 is 2.53 bits per heavy atom. The zero-order chi connectivity index (χ0) is 27.2. The van der Waals surface area contributed by atoms with Crippen LogP contribution in [-0.2, 0) is 9.59 Å². The Bertz CT molecular complexity index is 1420. The molecule has 0 unspecified atom stereocenters. The fourth-order valence-corrected chi connectivity index (χ4v) is 4.85. The third kappa shape index (κ3) is 6.96. The zero-order valence-electron chi connectivity index (χ0n) is 21.2. The molecule has 4 rings (SSSR count). The molecule has 0 aromatic heterocycles. The highest BCUT2D eigenvalue weighted by atomic mass is 35.5. The number of nitrogens with one attached hydrogen (secondary N) is 1. The van der Waals surface area contributed by atoms with Gasteiger partial charge in [0.25, 0.3) is 17.1 Å². The quantitative estimate of drug-likeness (QED) is 0.310. The van der Waals surface area contributed by atoms with E-state index in [-0.39, 0.29) is 41.8 Å². The van der Waals surface area contributed by atoms with Crippen molar-refractivity contribution < 1.29 is 23.9 Å². The molecule has 196 valence electrons. The van der Waals surface area contributed by atoms with Crippen LogP contribution >= 0.6 is 23.4 Å². The van der Waals surface area contributed by atoms with Crippen LogP contribution in [0.1, 0.15) is 22.3 Å². The summed E-state index contributed by atoms with van der Waals surface area (Å²) in [5, 5.41) is 2.70. The standard InChI is InChI=1S/C29H27ClN2O5S/c1-18-5-4-6-22(13-18)31-27(33)17-37-24-10-9-21(15-23(24)30)16-26-28(34)32(29(35)38-26)11-12-36-25-14-19(2)7-8-20(25)3/h4-10,13-16H,11-12,17H2,1-3H3,(H,31,33)/b26-16-. The topological polar surface area (TPSA) is 84.9 Å². The van der Waals surface area contributed by atoms with E-state index in [1.54, 1.807) is 30.3 Å². The molecule has 1 heterocycles. The van der Waals surface area contributed by atoms with Gasteiger partial charge in [0.1, 0.15) is 18.1 Å². The van der Waals surface area contributed by atoms with Crippen LogP contribution in [0, 0.1) is 20.8 Å². The molecule has 0 saturated carbocycles. The summed E-state index contributed by atoms with van der Waals surface area (Å²) in [5.74, 6) is 0.372. The molecule has 1 aliphatic heterocycles. The summed E-state index contributed by atoms with van der Waals surface area (Å²) in [6.07, 6.45) is 1.61. The summed E-state index contributed by atoms with van der Waals surface area (Å²) < 4.78 is 11.4. The number of hydrogen-bond acceptors (Lipinski definition) is 6. The fourth-order valence-electron chi connectivity index (χ4n) is 3.74. The van der Waals surface area contributed by atoms with Crippen LogP contribution in [0.15, 0.2) is 65.6 Å². The van der Waals surface area contributed by atoms with Gasteiger partial charge >= 0.3 is 0 Å². The van der Waals surface area contributed by atoms with Crippen LogP contribution in [0.2, 0.25) is 5.02 Å². The van der Waals surface area contributed by atoms with E-state index in [4.69, 9.17) is 21.1 Å². The van der Waals surface area contributed by atoms with Crippen molar-refractivity contribution in [3.8, 4) is 11.5 Å². The average molecular weight is 551 g/mol. The number of rotatable bonds is 9. The highest BCUT2D eigenvalue weighted by Gasteiger charge is 2.34. The molecule has 0 atom stereocenters. The van der Waals surface area contributed by atoms with Crippen molar-refractivity contribution in [1.82, 2.24) is 4.90 Å². The van der Waals surface area contributed by atoms with Crippen LogP contribution in [-0.4, -0.2) is 41.7 Å². The lowest BCUT2D eigenvalue weighted by Crippen LogP contribution is -2.32. The van der Waals surface area contributed by atoms with Gasteiger partial charge in [-0.05, 0) is 91.2 Å². The van der Waals surface area contributed by atoms with Gasteiger partial charge in [0.15, 0.2) is 6.61 Å². The lowest BCUT2D eigenvalue weighted by Gasteiger charge is -2.14. The summed E-state index contributed by atoms with van der Waals surface area (Å²) in [7, 11) is 0. The van der Waals surface area contributed by atoms with Crippen molar-refractivity contribution in [3.05, 3.63) is 92.8 Å². The highest BCUT2D eigenvalue weighted by molar-refractivity contribution is 8.18. The Kier molecular flexibility index (Phi) is 8.76. The molecule has 9 heteroatoms. The summed E-state index contributed by atoms with van der Waals surface area (Å²) >= 11 is 7.22. The molecular formula is C29H27ClN2O5S. The number of benzene rings is 3. The predicted molar refractivity (Wildman–Crippen MR) is 151 cm³/mol. The molecule has 38 heavy (non-hydrogen) atoms. The van der Waals surface area contributed by atoms with Gasteiger partial charge in [0, 0.05) is 5.69 Å². The minimum Gasteiger partial charge on any atom is -0.491 e. The SMILES string of the molecule is Cc1cccc(NC(=O)COc2ccc(/C=C3\SC(=O)N(CCOc4cc(C)ccc4C)C3=O)cc2Cl)c1. The monoisotopic (exact) mass is 550 g/mol. The Morgan fingerprint density at radius 2 is 1.76 bits per heavy atom. The largest absolute Gasteiger partial charge is 0.491 e. The van der Waals surface area contributed by atoms with Gasteiger partial charge in [0.2, 0.25) is 0 Å². The van der Waals surface area contributed by atoms with E-state index in [9.17, 15) is 14.4 Å². The number of amides is 3. The molecular weight excluding hydrogens is 524 g/mol. The smallest absolute Gasteiger partial charge is 0.293 e. The van der Waals surface area contributed by atoms with Crippen LogP contribution < -0.4 is 14.8 Å². The molecule has 0 aliphatic carbocycles. The Hall–Kier alpha value is -3.75. The van der Waals surface area contributed by atoms with Crippen LogP contribution in [0.3, 0.4) is 0 Å². The van der Waals surface area contributed by atoms with Crippen LogP contribution in [0.25, 0.3) is 6.08 Å². The first-order valence-electron chi connectivity index (χ1n) is 11.9. The minimum atomic E-state index is -0.381. The fraction of sp³-hybridized carbons (Fsp3) is 0.207. The molecule has 1 aliphatic rings. The number of ether oxygens (including phenoxy) is 2. The number of carbonyl (C=O) groups is 3. The highest BCUT2D eigenvalue weighted by Crippen LogP contribution is 2.34. The Balaban J connectivity index is 1.33. The van der Waals surface area contributed by atoms with Gasteiger partial charge in [-0.15, -0.1) is 0 Å². The van der Waals surface area contributed by atoms with Crippen molar-refractivity contribution in [2.24, 2.45) is 0 Å². The molecule has 3 aromatic carbocycles. The first-order chi connectivity index (χ1) is 18.2. The maximum atomic E-state index is 12.8. The number of carbonyl (C=O) groups excluding carboxylic acids is 3. The molecule has 0 bridgehead atoms. The lowest BCUT2D eigenvalue weighted by molar-refractivity contribution is -0.123. The predicted octanol–water partition coefficient (Wildman–Crippen LogP) is 6.40. The van der Waals surface area contributed by atoms with E-state index in [0.717, 1.165) is 34.2 Å². The molecule has 3 amide bonds. The third-order valence-corrected chi connectivity index (χ3v) is 6.91. The number of nitrogens with zero attached hydrogens (tertiary/aromatic N) is 1.